The quantitative estimate of drug-likeness (QED) is 0.834. The average Bonchev–Trinajstić information content (AvgIpc) is 2.81. The van der Waals surface area contributed by atoms with Crippen LogP contribution < -0.4 is 5.32 Å². The molecule has 1 N–H and O–H groups in total. The summed E-state index contributed by atoms with van der Waals surface area (Å²) in [5, 5.41) is 3.58. The summed E-state index contributed by atoms with van der Waals surface area (Å²) in [6.45, 7) is 9.20. The Kier molecular flexibility index (Phi) is 4.74. The second kappa shape index (κ2) is 6.31. The zero-order valence-corrected chi connectivity index (χ0v) is 11.6. The van der Waals surface area contributed by atoms with Crippen LogP contribution in [0, 0.1) is 0 Å². The predicted molar refractivity (Wildman–Crippen MR) is 71.4 cm³/mol. The van der Waals surface area contributed by atoms with Crippen molar-refractivity contribution in [2.75, 3.05) is 26.3 Å². The van der Waals surface area contributed by atoms with Gasteiger partial charge >= 0.3 is 0 Å². The molecule has 0 aromatic carbocycles. The Balaban J connectivity index is 1.79. The first-order chi connectivity index (χ1) is 8.68. The lowest BCUT2D eigenvalue weighted by Crippen LogP contribution is -2.50. The van der Waals surface area contributed by atoms with E-state index >= 15 is 0 Å². The van der Waals surface area contributed by atoms with Crippen molar-refractivity contribution in [3.63, 3.8) is 0 Å². The Morgan fingerprint density at radius 3 is 2.72 bits per heavy atom. The Morgan fingerprint density at radius 1 is 1.39 bits per heavy atom. The van der Waals surface area contributed by atoms with Gasteiger partial charge in [-0.05, 0) is 13.8 Å². The van der Waals surface area contributed by atoms with Gasteiger partial charge in [0.15, 0.2) is 0 Å². The summed E-state index contributed by atoms with van der Waals surface area (Å²) >= 11 is 0. The molecule has 1 fully saturated rings. The molecule has 1 aromatic rings. The highest BCUT2D eigenvalue weighted by Crippen LogP contribution is 2.08. The first-order valence-corrected chi connectivity index (χ1v) is 6.69. The summed E-state index contributed by atoms with van der Waals surface area (Å²) in [6.07, 6.45) is 3.76. The highest BCUT2D eigenvalue weighted by atomic mass is 16.5. The van der Waals surface area contributed by atoms with Gasteiger partial charge in [0.05, 0.1) is 25.2 Å². The van der Waals surface area contributed by atoms with Crippen LogP contribution in [0.3, 0.4) is 0 Å². The lowest BCUT2D eigenvalue weighted by atomic mass is 10.1. The van der Waals surface area contributed by atoms with E-state index in [4.69, 9.17) is 4.74 Å². The summed E-state index contributed by atoms with van der Waals surface area (Å²) in [7, 11) is 2.03. The fourth-order valence-electron chi connectivity index (χ4n) is 2.29. The van der Waals surface area contributed by atoms with Crippen molar-refractivity contribution >= 4 is 0 Å². The van der Waals surface area contributed by atoms with Gasteiger partial charge < -0.3 is 14.6 Å². The van der Waals surface area contributed by atoms with Crippen molar-refractivity contribution in [3.8, 4) is 0 Å². The molecule has 18 heavy (non-hydrogen) atoms. The molecule has 1 aliphatic heterocycles. The van der Waals surface area contributed by atoms with Gasteiger partial charge in [-0.2, -0.15) is 0 Å². The van der Waals surface area contributed by atoms with Gasteiger partial charge in [-0.25, -0.2) is 4.98 Å². The highest BCUT2D eigenvalue weighted by molar-refractivity contribution is 4.97. The Bertz CT molecular complexity index is 360. The number of ether oxygens (including phenoxy) is 1. The van der Waals surface area contributed by atoms with E-state index in [2.05, 4.69) is 33.6 Å². The monoisotopic (exact) mass is 252 g/mol. The standard InChI is InChI=1S/C13H24N4O/c1-11(12(2)17-4-6-18-7-5-17)15-9-13-8-14-10-16(13)3/h8,10-12,15H,4-7,9H2,1-3H3. The molecule has 2 atom stereocenters. The second-order valence-electron chi connectivity index (χ2n) is 5.05. The number of aryl methyl sites for hydroxylation is 1. The second-order valence-corrected chi connectivity index (χ2v) is 5.05. The summed E-state index contributed by atoms with van der Waals surface area (Å²) < 4.78 is 7.45. The molecule has 1 aliphatic rings. The number of nitrogens with zero attached hydrogens (tertiary/aromatic N) is 3. The number of aromatic nitrogens is 2. The van der Waals surface area contributed by atoms with Crippen molar-refractivity contribution in [1.82, 2.24) is 19.8 Å². The van der Waals surface area contributed by atoms with Gasteiger partial charge in [-0.1, -0.05) is 0 Å². The molecule has 0 amide bonds. The van der Waals surface area contributed by atoms with Gasteiger partial charge in [-0.3, -0.25) is 4.90 Å². The van der Waals surface area contributed by atoms with Crippen LogP contribution in [0.25, 0.3) is 0 Å². The summed E-state index contributed by atoms with van der Waals surface area (Å²) in [5.74, 6) is 0. The minimum Gasteiger partial charge on any atom is -0.379 e. The molecule has 0 bridgehead atoms. The van der Waals surface area contributed by atoms with E-state index in [1.54, 1.807) is 0 Å². The number of nitrogens with one attached hydrogen (secondary N) is 1. The van der Waals surface area contributed by atoms with Crippen LogP contribution in [0.2, 0.25) is 0 Å². The largest absolute Gasteiger partial charge is 0.379 e. The summed E-state index contributed by atoms with van der Waals surface area (Å²) in [5.41, 5.74) is 1.22. The van der Waals surface area contributed by atoms with Gasteiger partial charge in [-0.15, -0.1) is 0 Å². The molecular weight excluding hydrogens is 228 g/mol. The average molecular weight is 252 g/mol. The zero-order chi connectivity index (χ0) is 13.0. The molecule has 2 heterocycles. The van der Waals surface area contributed by atoms with Crippen molar-refractivity contribution in [3.05, 3.63) is 18.2 Å². The van der Waals surface area contributed by atoms with E-state index in [1.165, 1.54) is 5.69 Å². The van der Waals surface area contributed by atoms with E-state index in [-0.39, 0.29) is 0 Å². The van der Waals surface area contributed by atoms with E-state index < -0.39 is 0 Å². The lowest BCUT2D eigenvalue weighted by molar-refractivity contribution is 0.0135. The van der Waals surface area contributed by atoms with E-state index in [0.717, 1.165) is 32.8 Å². The third-order valence-electron chi connectivity index (χ3n) is 3.87. The number of rotatable bonds is 5. The van der Waals surface area contributed by atoms with Crippen molar-refractivity contribution in [1.29, 1.82) is 0 Å². The molecule has 2 rings (SSSR count). The fourth-order valence-corrected chi connectivity index (χ4v) is 2.29. The van der Waals surface area contributed by atoms with E-state index in [0.29, 0.717) is 12.1 Å². The van der Waals surface area contributed by atoms with Crippen LogP contribution >= 0.6 is 0 Å². The fraction of sp³-hybridized carbons (Fsp3) is 0.769. The zero-order valence-electron chi connectivity index (χ0n) is 11.6. The minimum atomic E-state index is 0.456. The number of imidazole rings is 1. The molecule has 0 spiro atoms. The van der Waals surface area contributed by atoms with Crippen LogP contribution in [-0.4, -0.2) is 52.8 Å². The lowest BCUT2D eigenvalue weighted by Gasteiger charge is -2.36. The van der Waals surface area contributed by atoms with Crippen LogP contribution in [0.5, 0.6) is 0 Å². The molecule has 0 radical (unpaired) electrons. The maximum Gasteiger partial charge on any atom is 0.0945 e. The third kappa shape index (κ3) is 3.31. The van der Waals surface area contributed by atoms with Crippen LogP contribution in [0.4, 0.5) is 0 Å². The number of hydrogen-bond donors (Lipinski definition) is 1. The van der Waals surface area contributed by atoms with Crippen molar-refractivity contribution in [2.45, 2.75) is 32.5 Å². The third-order valence-corrected chi connectivity index (χ3v) is 3.87. The maximum absolute atomic E-state index is 5.39. The molecule has 5 nitrogen and oxygen atoms in total. The van der Waals surface area contributed by atoms with Gasteiger partial charge in [0.25, 0.3) is 0 Å². The van der Waals surface area contributed by atoms with Crippen LogP contribution in [0.15, 0.2) is 12.5 Å². The predicted octanol–water partition coefficient (Wildman–Crippen LogP) is 0.619. The van der Waals surface area contributed by atoms with Gasteiger partial charge in [0.1, 0.15) is 0 Å². The summed E-state index contributed by atoms with van der Waals surface area (Å²) in [4.78, 5) is 6.62. The maximum atomic E-state index is 5.39. The molecule has 0 saturated carbocycles. The van der Waals surface area contributed by atoms with E-state index in [9.17, 15) is 0 Å². The van der Waals surface area contributed by atoms with Crippen molar-refractivity contribution in [2.24, 2.45) is 7.05 Å². The molecular formula is C13H24N4O. The SMILES string of the molecule is CC(NCc1cncn1C)C(C)N1CCOCC1. The first kappa shape index (κ1) is 13.5. The van der Waals surface area contributed by atoms with Crippen LogP contribution in [0.1, 0.15) is 19.5 Å². The Morgan fingerprint density at radius 2 is 2.11 bits per heavy atom. The molecule has 2 unspecified atom stereocenters. The summed E-state index contributed by atoms with van der Waals surface area (Å²) in [6, 6.07) is 0.986. The van der Waals surface area contributed by atoms with Crippen molar-refractivity contribution < 1.29 is 4.74 Å². The number of hydrogen-bond acceptors (Lipinski definition) is 4. The first-order valence-electron chi connectivity index (χ1n) is 6.69. The van der Waals surface area contributed by atoms with Gasteiger partial charge in [0, 0.05) is 45.0 Å². The van der Waals surface area contributed by atoms with E-state index in [1.807, 2.05) is 19.6 Å². The highest BCUT2D eigenvalue weighted by Gasteiger charge is 2.21. The molecule has 1 aromatic heterocycles. The number of morpholine rings is 1. The minimum absolute atomic E-state index is 0.456. The van der Waals surface area contributed by atoms with Gasteiger partial charge in [0.2, 0.25) is 0 Å². The van der Waals surface area contributed by atoms with Crippen LogP contribution in [-0.2, 0) is 18.3 Å². The smallest absolute Gasteiger partial charge is 0.0945 e. The Hall–Kier alpha value is -0.910. The molecule has 1 saturated heterocycles. The normalized spacial score (nSPS) is 20.8. The molecule has 0 aliphatic carbocycles. The molecule has 102 valence electrons. The Labute approximate surface area is 109 Å². The topological polar surface area (TPSA) is 42.3 Å². The molecule has 5 heteroatoms.